The molecule has 0 unspecified atom stereocenters. The van der Waals surface area contributed by atoms with E-state index in [4.69, 9.17) is 11.6 Å². The largest absolute Gasteiger partial charge is 0.481 e. The molecule has 0 aliphatic carbocycles. The van der Waals surface area contributed by atoms with Gasteiger partial charge >= 0.3 is 5.97 Å². The molecule has 1 N–H and O–H groups in total. The number of sulfonamides is 1. The molecule has 5 nitrogen and oxygen atoms in total. The zero-order chi connectivity index (χ0) is 15.8. The van der Waals surface area contributed by atoms with Gasteiger partial charge in [0.1, 0.15) is 0 Å². The highest BCUT2D eigenvalue weighted by molar-refractivity contribution is 7.89. The van der Waals surface area contributed by atoms with Gasteiger partial charge in [-0.05, 0) is 44.4 Å². The second kappa shape index (κ2) is 5.59. The van der Waals surface area contributed by atoms with Crippen LogP contribution < -0.4 is 0 Å². The molecule has 7 heteroatoms. The van der Waals surface area contributed by atoms with Crippen LogP contribution in [0.25, 0.3) is 0 Å². The van der Waals surface area contributed by atoms with Crippen LogP contribution in [-0.4, -0.2) is 36.9 Å². The minimum absolute atomic E-state index is 0.189. The molecule has 0 bridgehead atoms. The van der Waals surface area contributed by atoms with Crippen LogP contribution in [0.3, 0.4) is 0 Å². The third kappa shape index (κ3) is 3.07. The van der Waals surface area contributed by atoms with Crippen molar-refractivity contribution < 1.29 is 18.3 Å². The fraction of sp³-hybridized carbons (Fsp3) is 0.500. The van der Waals surface area contributed by atoms with Crippen LogP contribution in [0.1, 0.15) is 25.3 Å². The Balaban J connectivity index is 2.27. The Labute approximate surface area is 129 Å². The molecule has 116 valence electrons. The number of benzene rings is 1. The van der Waals surface area contributed by atoms with Crippen LogP contribution >= 0.6 is 11.6 Å². The fourth-order valence-electron chi connectivity index (χ4n) is 2.42. The molecule has 0 amide bonds. The van der Waals surface area contributed by atoms with E-state index in [1.54, 1.807) is 26.0 Å². The highest BCUT2D eigenvalue weighted by Crippen LogP contribution is 2.34. The molecule has 0 aromatic heterocycles. The van der Waals surface area contributed by atoms with Gasteiger partial charge in [-0.25, -0.2) is 8.42 Å². The second-order valence-corrected chi connectivity index (χ2v) is 8.02. The molecule has 21 heavy (non-hydrogen) atoms. The van der Waals surface area contributed by atoms with Crippen LogP contribution in [0.15, 0.2) is 23.1 Å². The van der Waals surface area contributed by atoms with Gasteiger partial charge in [-0.2, -0.15) is 4.31 Å². The zero-order valence-corrected chi connectivity index (χ0v) is 13.5. The van der Waals surface area contributed by atoms with Crippen molar-refractivity contribution in [1.29, 1.82) is 0 Å². The zero-order valence-electron chi connectivity index (χ0n) is 12.0. The molecule has 1 saturated heterocycles. The molecule has 2 rings (SSSR count). The lowest BCUT2D eigenvalue weighted by Gasteiger charge is -2.35. The van der Waals surface area contributed by atoms with Gasteiger partial charge < -0.3 is 5.11 Å². The molecule has 1 aromatic rings. The van der Waals surface area contributed by atoms with E-state index in [9.17, 15) is 18.3 Å². The van der Waals surface area contributed by atoms with E-state index < -0.39 is 21.4 Å². The Morgan fingerprint density at radius 3 is 2.43 bits per heavy atom. The summed E-state index contributed by atoms with van der Waals surface area (Å²) in [5, 5.41) is 9.57. The topological polar surface area (TPSA) is 74.7 Å². The number of halogens is 1. The molecule has 0 spiro atoms. The first-order chi connectivity index (χ1) is 9.67. The smallest absolute Gasteiger partial charge is 0.309 e. The third-order valence-electron chi connectivity index (χ3n) is 4.11. The lowest BCUT2D eigenvalue weighted by atomic mass is 9.81. The molecule has 0 radical (unpaired) electrons. The Morgan fingerprint density at radius 2 is 1.90 bits per heavy atom. The number of aliphatic carboxylic acids is 1. The van der Waals surface area contributed by atoms with Crippen LogP contribution in [0.5, 0.6) is 0 Å². The summed E-state index contributed by atoms with van der Waals surface area (Å²) in [6.07, 6.45) is 0.613. The summed E-state index contributed by atoms with van der Waals surface area (Å²) in [5.74, 6) is -0.876. The summed E-state index contributed by atoms with van der Waals surface area (Å²) in [7, 11) is -3.64. The molecule has 1 heterocycles. The highest BCUT2D eigenvalue weighted by atomic mass is 35.5. The van der Waals surface area contributed by atoms with E-state index in [0.717, 1.165) is 0 Å². The van der Waals surface area contributed by atoms with Gasteiger partial charge in [0.25, 0.3) is 0 Å². The average molecular weight is 332 g/mol. The van der Waals surface area contributed by atoms with E-state index in [0.29, 0.717) is 23.4 Å². The molecule has 0 saturated carbocycles. The van der Waals surface area contributed by atoms with Gasteiger partial charge in [0, 0.05) is 18.1 Å². The van der Waals surface area contributed by atoms with Gasteiger partial charge in [-0.3, -0.25) is 4.79 Å². The van der Waals surface area contributed by atoms with E-state index in [1.165, 1.54) is 10.4 Å². The number of hydrogen-bond donors (Lipinski definition) is 1. The number of rotatable bonds is 3. The summed E-state index contributed by atoms with van der Waals surface area (Å²) >= 11 is 5.89. The van der Waals surface area contributed by atoms with Crippen molar-refractivity contribution in [3.8, 4) is 0 Å². The number of aryl methyl sites for hydroxylation is 1. The molecule has 0 atom stereocenters. The minimum Gasteiger partial charge on any atom is -0.481 e. The van der Waals surface area contributed by atoms with E-state index in [-0.39, 0.29) is 18.0 Å². The van der Waals surface area contributed by atoms with Crippen molar-refractivity contribution in [3.05, 3.63) is 28.8 Å². The number of piperidine rings is 1. The normalized spacial score (nSPS) is 19.4. The molecule has 1 aliphatic heterocycles. The lowest BCUT2D eigenvalue weighted by Crippen LogP contribution is -2.45. The maximum absolute atomic E-state index is 12.7. The molecular formula is C14H18ClNO4S. The first-order valence-electron chi connectivity index (χ1n) is 6.66. The average Bonchev–Trinajstić information content (AvgIpc) is 2.41. The second-order valence-electron chi connectivity index (χ2n) is 5.68. The predicted molar refractivity (Wildman–Crippen MR) is 79.9 cm³/mol. The van der Waals surface area contributed by atoms with Crippen molar-refractivity contribution in [2.75, 3.05) is 13.1 Å². The summed E-state index contributed by atoms with van der Waals surface area (Å²) < 4.78 is 26.7. The molecular weight excluding hydrogens is 314 g/mol. The Morgan fingerprint density at radius 1 is 1.33 bits per heavy atom. The van der Waals surface area contributed by atoms with Gasteiger partial charge in [0.2, 0.25) is 10.0 Å². The summed E-state index contributed by atoms with van der Waals surface area (Å²) in [6.45, 7) is 3.78. The number of hydrogen-bond acceptors (Lipinski definition) is 3. The number of carbonyl (C=O) groups is 1. The Bertz CT molecular complexity index is 664. The van der Waals surface area contributed by atoms with Crippen LogP contribution in [-0.2, 0) is 14.8 Å². The minimum atomic E-state index is -3.64. The summed E-state index contributed by atoms with van der Waals surface area (Å²) in [4.78, 5) is 11.4. The summed E-state index contributed by atoms with van der Waals surface area (Å²) in [6, 6.07) is 4.76. The van der Waals surface area contributed by atoms with Crippen LogP contribution in [0.2, 0.25) is 5.02 Å². The maximum Gasteiger partial charge on any atom is 0.309 e. The third-order valence-corrected chi connectivity index (χ3v) is 6.39. The Kier molecular flexibility index (Phi) is 4.33. The van der Waals surface area contributed by atoms with Crippen molar-refractivity contribution in [2.45, 2.75) is 31.6 Å². The fourth-order valence-corrected chi connectivity index (χ4v) is 4.35. The molecule has 1 fully saturated rings. The number of nitrogens with zero attached hydrogens (tertiary/aromatic N) is 1. The quantitative estimate of drug-likeness (QED) is 0.923. The number of carboxylic acid groups (broad SMARTS) is 1. The Hall–Kier alpha value is -1.11. The van der Waals surface area contributed by atoms with Gasteiger partial charge in [-0.15, -0.1) is 0 Å². The monoisotopic (exact) mass is 331 g/mol. The van der Waals surface area contributed by atoms with Crippen molar-refractivity contribution in [1.82, 2.24) is 4.31 Å². The predicted octanol–water partition coefficient (Wildman–Crippen LogP) is 2.52. The summed E-state index contributed by atoms with van der Waals surface area (Å²) in [5.41, 5.74) is -0.221. The van der Waals surface area contributed by atoms with Gasteiger partial charge in [0.15, 0.2) is 0 Å². The van der Waals surface area contributed by atoms with Crippen LogP contribution in [0.4, 0.5) is 0 Å². The first kappa shape index (κ1) is 16.3. The van der Waals surface area contributed by atoms with Gasteiger partial charge in [-0.1, -0.05) is 17.7 Å². The van der Waals surface area contributed by atoms with E-state index in [1.807, 2.05) is 0 Å². The first-order valence-corrected chi connectivity index (χ1v) is 8.48. The van der Waals surface area contributed by atoms with E-state index in [2.05, 4.69) is 0 Å². The van der Waals surface area contributed by atoms with Crippen molar-refractivity contribution in [2.24, 2.45) is 5.41 Å². The lowest BCUT2D eigenvalue weighted by molar-refractivity contribution is -0.150. The van der Waals surface area contributed by atoms with Crippen LogP contribution in [0, 0.1) is 12.3 Å². The highest BCUT2D eigenvalue weighted by Gasteiger charge is 2.40. The van der Waals surface area contributed by atoms with Crippen molar-refractivity contribution >= 4 is 27.6 Å². The number of carboxylic acids is 1. The van der Waals surface area contributed by atoms with Crippen molar-refractivity contribution in [3.63, 3.8) is 0 Å². The SMILES string of the molecule is Cc1ccc(Cl)cc1S(=O)(=O)N1CCC(C)(C(=O)O)CC1. The molecule has 1 aromatic carbocycles. The van der Waals surface area contributed by atoms with E-state index >= 15 is 0 Å². The maximum atomic E-state index is 12.7. The van der Waals surface area contributed by atoms with Gasteiger partial charge in [0.05, 0.1) is 10.3 Å². The standard InChI is InChI=1S/C14H18ClNO4S/c1-10-3-4-11(15)9-12(10)21(19,20)16-7-5-14(2,6-8-16)13(17)18/h3-4,9H,5-8H2,1-2H3,(H,17,18). The molecule has 1 aliphatic rings.